The zero-order chi connectivity index (χ0) is 21.6. The second-order valence-corrected chi connectivity index (χ2v) is 7.70. The average Bonchev–Trinajstić information content (AvgIpc) is 3.16. The number of hydrogen-bond acceptors (Lipinski definition) is 7. The van der Waals surface area contributed by atoms with Gasteiger partial charge in [0.25, 0.3) is 5.82 Å². The number of nitrogens with zero attached hydrogens (tertiary/aromatic N) is 3. The summed E-state index contributed by atoms with van der Waals surface area (Å²) in [5, 5.41) is 15.7. The van der Waals surface area contributed by atoms with E-state index < -0.39 is 14.6 Å². The molecule has 0 radical (unpaired) electrons. The van der Waals surface area contributed by atoms with Crippen LogP contribution in [0.2, 0.25) is 0 Å². The van der Waals surface area contributed by atoms with Crippen molar-refractivity contribution in [3.8, 4) is 17.4 Å². The van der Waals surface area contributed by atoms with Crippen LogP contribution in [0.25, 0.3) is 11.3 Å². The summed E-state index contributed by atoms with van der Waals surface area (Å²) in [5.41, 5.74) is 9.46. The van der Waals surface area contributed by atoms with E-state index in [1.807, 2.05) is 30.3 Å². The zero-order valence-electron chi connectivity index (χ0n) is 15.9. The molecule has 0 aliphatic rings. The quantitative estimate of drug-likeness (QED) is 0.171. The van der Waals surface area contributed by atoms with Gasteiger partial charge in [0.15, 0.2) is 5.76 Å². The Morgan fingerprint density at radius 2 is 2.00 bits per heavy atom. The fourth-order valence-corrected chi connectivity index (χ4v) is 3.07. The number of pyridine rings is 1. The first-order valence-electron chi connectivity index (χ1n) is 8.95. The highest BCUT2D eigenvalue weighted by Crippen LogP contribution is 2.35. The molecule has 0 aliphatic heterocycles. The number of nitrogens with one attached hydrogen (secondary N) is 1. The molecule has 0 fully saturated rings. The van der Waals surface area contributed by atoms with Crippen molar-refractivity contribution in [2.45, 2.75) is 19.7 Å². The van der Waals surface area contributed by atoms with Crippen molar-refractivity contribution in [3.05, 3.63) is 65.5 Å². The van der Waals surface area contributed by atoms with E-state index in [9.17, 15) is 4.57 Å². The molecule has 0 spiro atoms. The summed E-state index contributed by atoms with van der Waals surface area (Å²) >= 11 is 0. The Bertz CT molecular complexity index is 1090. The third-order valence-corrected chi connectivity index (χ3v) is 4.70. The summed E-state index contributed by atoms with van der Waals surface area (Å²) < 4.78 is 22.2. The molecule has 0 aliphatic carbocycles. The smallest absolute Gasteiger partial charge is 0.356 e. The normalized spacial score (nSPS) is 11.4. The molecule has 30 heavy (non-hydrogen) atoms. The lowest BCUT2D eigenvalue weighted by atomic mass is 10.1. The Hall–Kier alpha value is -3.06. The van der Waals surface area contributed by atoms with Crippen LogP contribution in [0.5, 0.6) is 0 Å². The van der Waals surface area contributed by atoms with Gasteiger partial charge in [0.05, 0.1) is 24.5 Å². The average molecular weight is 430 g/mol. The molecule has 11 heteroatoms. The van der Waals surface area contributed by atoms with Crippen LogP contribution >= 0.6 is 7.82 Å². The molecular formula is C19H21N5O5P+. The lowest BCUT2D eigenvalue weighted by Gasteiger charge is -2.07. The van der Waals surface area contributed by atoms with Gasteiger partial charge in [-0.25, -0.2) is 13.7 Å². The monoisotopic (exact) mass is 430 g/mol. The highest BCUT2D eigenvalue weighted by molar-refractivity contribution is 7.46. The van der Waals surface area contributed by atoms with Crippen LogP contribution in [0, 0.1) is 11.3 Å². The molecule has 0 saturated heterocycles. The van der Waals surface area contributed by atoms with Gasteiger partial charge < -0.3 is 19.6 Å². The van der Waals surface area contributed by atoms with Gasteiger partial charge in [-0.05, 0) is 23.3 Å². The highest BCUT2D eigenvalue weighted by Gasteiger charge is 2.20. The number of nitriles is 1. The van der Waals surface area contributed by atoms with E-state index >= 15 is 0 Å². The molecule has 0 bridgehead atoms. The number of phosphoric ester groups is 1. The van der Waals surface area contributed by atoms with Gasteiger partial charge in [0.2, 0.25) is 6.73 Å². The predicted octanol–water partition coefficient (Wildman–Crippen LogP) is 1.48. The fourth-order valence-electron chi connectivity index (χ4n) is 2.79. The Labute approximate surface area is 172 Å². The lowest BCUT2D eigenvalue weighted by molar-refractivity contribution is -0.711. The minimum atomic E-state index is -4.62. The van der Waals surface area contributed by atoms with Crippen molar-refractivity contribution in [3.63, 3.8) is 0 Å². The first kappa shape index (κ1) is 21.6. The molecule has 0 atom stereocenters. The van der Waals surface area contributed by atoms with Crippen molar-refractivity contribution in [1.82, 2.24) is 10.5 Å². The molecule has 0 unspecified atom stereocenters. The maximum atomic E-state index is 10.9. The molecule has 156 valence electrons. The number of hydrogen-bond donors (Lipinski definition) is 4. The number of nitrogens with two attached hydrogens (primary N) is 1. The number of phosphoric acid groups is 1. The van der Waals surface area contributed by atoms with E-state index in [1.54, 1.807) is 24.4 Å². The molecule has 0 amide bonds. The van der Waals surface area contributed by atoms with Crippen LogP contribution in [-0.2, 0) is 28.8 Å². The lowest BCUT2D eigenvalue weighted by Crippen LogP contribution is -2.38. The minimum Gasteiger partial charge on any atom is -0.356 e. The van der Waals surface area contributed by atoms with Crippen LogP contribution in [-0.4, -0.2) is 21.5 Å². The van der Waals surface area contributed by atoms with Crippen molar-refractivity contribution >= 4 is 13.6 Å². The third kappa shape index (κ3) is 5.97. The first-order chi connectivity index (χ1) is 14.4. The number of nitrogen functional groups attached to an aromatic ring is 1. The molecule has 2 aromatic heterocycles. The highest BCUT2D eigenvalue weighted by atomic mass is 31.2. The van der Waals surface area contributed by atoms with E-state index in [4.69, 9.17) is 25.3 Å². The first-order valence-corrected chi connectivity index (χ1v) is 10.5. The van der Waals surface area contributed by atoms with Gasteiger partial charge in [0.1, 0.15) is 5.56 Å². The fraction of sp³-hybridized carbons (Fsp3) is 0.211. The van der Waals surface area contributed by atoms with Crippen LogP contribution in [0.1, 0.15) is 16.8 Å². The Balaban J connectivity index is 1.69. The molecule has 5 N–H and O–H groups in total. The van der Waals surface area contributed by atoms with Crippen molar-refractivity contribution in [1.29, 1.82) is 5.26 Å². The van der Waals surface area contributed by atoms with E-state index in [2.05, 4.69) is 15.0 Å². The molecular weight excluding hydrogens is 409 g/mol. The molecule has 2 heterocycles. The van der Waals surface area contributed by atoms with Crippen molar-refractivity contribution in [2.24, 2.45) is 0 Å². The molecule has 1 aromatic carbocycles. The van der Waals surface area contributed by atoms with Crippen LogP contribution in [0.3, 0.4) is 0 Å². The van der Waals surface area contributed by atoms with E-state index in [0.29, 0.717) is 36.5 Å². The molecule has 3 aromatic rings. The number of rotatable bonds is 9. The summed E-state index contributed by atoms with van der Waals surface area (Å²) in [7, 11) is -4.62. The van der Waals surface area contributed by atoms with Crippen molar-refractivity contribution < 1.29 is 28.0 Å². The van der Waals surface area contributed by atoms with Gasteiger partial charge in [-0.15, -0.1) is 0 Å². The maximum absolute atomic E-state index is 10.9. The molecule has 3 rings (SSSR count). The maximum Gasteiger partial charge on any atom is 0.472 e. The Morgan fingerprint density at radius 3 is 2.70 bits per heavy atom. The van der Waals surface area contributed by atoms with Gasteiger partial charge in [-0.3, -0.25) is 5.73 Å². The van der Waals surface area contributed by atoms with E-state index in [0.717, 1.165) is 11.1 Å². The summed E-state index contributed by atoms with van der Waals surface area (Å²) in [6, 6.07) is 15.1. The number of anilines is 1. The number of benzene rings is 1. The largest absolute Gasteiger partial charge is 0.472 e. The topological polar surface area (TPSA) is 159 Å². The zero-order valence-corrected chi connectivity index (χ0v) is 16.8. The summed E-state index contributed by atoms with van der Waals surface area (Å²) in [4.78, 5) is 17.7. The van der Waals surface area contributed by atoms with Crippen LogP contribution in [0.4, 0.5) is 5.82 Å². The van der Waals surface area contributed by atoms with Gasteiger partial charge in [-0.1, -0.05) is 29.4 Å². The molecule has 10 nitrogen and oxygen atoms in total. The third-order valence-electron chi connectivity index (χ3n) is 4.25. The van der Waals surface area contributed by atoms with E-state index in [-0.39, 0.29) is 5.82 Å². The second kappa shape index (κ2) is 9.63. The Morgan fingerprint density at radius 1 is 1.27 bits per heavy atom. The second-order valence-electron chi connectivity index (χ2n) is 6.46. The van der Waals surface area contributed by atoms with Crippen LogP contribution < -0.4 is 15.6 Å². The minimum absolute atomic E-state index is 0.225. The summed E-state index contributed by atoms with van der Waals surface area (Å²) in [6.07, 6.45) is 2.10. The van der Waals surface area contributed by atoms with Crippen molar-refractivity contribution in [2.75, 3.05) is 12.3 Å². The standard InChI is InChI=1S/C19H20N5O5P/c20-7-8-22-12-15-5-3-14(4-6-15)10-16-11-18(29-23-16)17-2-1-9-24(19(17)21)13-28-30(25,26)27/h1-6,9,11,21-22H,8,10,12-13H2,(H2,25,26,27)/p+1. The van der Waals surface area contributed by atoms with Gasteiger partial charge >= 0.3 is 7.82 Å². The molecule has 0 saturated carbocycles. The Kier molecular flexibility index (Phi) is 6.95. The summed E-state index contributed by atoms with van der Waals surface area (Å²) in [5.74, 6) is 0.660. The van der Waals surface area contributed by atoms with Crippen LogP contribution in [0.15, 0.2) is 53.2 Å². The number of aromatic nitrogens is 2. The summed E-state index contributed by atoms with van der Waals surface area (Å²) in [6.45, 7) is 0.527. The van der Waals surface area contributed by atoms with E-state index in [1.165, 1.54) is 4.57 Å². The van der Waals surface area contributed by atoms with Gasteiger partial charge in [-0.2, -0.15) is 5.26 Å². The predicted molar refractivity (Wildman–Crippen MR) is 106 cm³/mol. The SMILES string of the molecule is N#CCNCc1ccc(Cc2cc(-c3ccc[n+](COP(=O)(O)O)c3N)on2)cc1. The van der Waals surface area contributed by atoms with Gasteiger partial charge in [0, 0.05) is 19.0 Å².